The van der Waals surface area contributed by atoms with E-state index < -0.39 is 5.54 Å². The van der Waals surface area contributed by atoms with E-state index in [1.807, 2.05) is 18.2 Å². The molecule has 1 saturated carbocycles. The number of benzene rings is 1. The number of carbonyl (C=O) groups is 1. The fourth-order valence-electron chi connectivity index (χ4n) is 3.02. The molecule has 0 radical (unpaired) electrons. The third kappa shape index (κ3) is 3.60. The Morgan fingerprint density at radius 1 is 1.25 bits per heavy atom. The summed E-state index contributed by atoms with van der Waals surface area (Å²) in [6.45, 7) is 2.83. The Morgan fingerprint density at radius 3 is 2.50 bits per heavy atom. The van der Waals surface area contributed by atoms with Crippen molar-refractivity contribution < 1.29 is 4.79 Å². The summed E-state index contributed by atoms with van der Waals surface area (Å²) >= 11 is 0. The van der Waals surface area contributed by atoms with E-state index in [1.54, 1.807) is 0 Å². The number of hydrogen-bond acceptors (Lipinski definition) is 2. The molecule has 0 spiro atoms. The van der Waals surface area contributed by atoms with Gasteiger partial charge >= 0.3 is 0 Å². The second kappa shape index (κ2) is 6.89. The molecule has 3 heteroatoms. The van der Waals surface area contributed by atoms with Crippen LogP contribution in [0.5, 0.6) is 0 Å². The highest BCUT2D eigenvalue weighted by Gasteiger charge is 2.35. The van der Waals surface area contributed by atoms with E-state index in [0.717, 1.165) is 32.1 Å². The number of nitrogens with one attached hydrogen (secondary N) is 1. The Kier molecular flexibility index (Phi) is 5.18. The molecule has 1 aromatic rings. The van der Waals surface area contributed by atoms with Gasteiger partial charge in [0.05, 0.1) is 5.54 Å². The van der Waals surface area contributed by atoms with Crippen LogP contribution in [0.2, 0.25) is 0 Å². The largest absolute Gasteiger partial charge is 0.354 e. The summed E-state index contributed by atoms with van der Waals surface area (Å²) in [5, 5.41) is 3.08. The number of nitrogens with two attached hydrogens (primary N) is 1. The summed E-state index contributed by atoms with van der Waals surface area (Å²) in [4.78, 5) is 12.3. The van der Waals surface area contributed by atoms with Gasteiger partial charge in [-0.2, -0.15) is 0 Å². The Morgan fingerprint density at radius 2 is 1.90 bits per heavy atom. The minimum atomic E-state index is -0.632. The van der Waals surface area contributed by atoms with Crippen LogP contribution in [0.3, 0.4) is 0 Å². The molecule has 110 valence electrons. The summed E-state index contributed by atoms with van der Waals surface area (Å²) in [5.74, 6) is 0.402. The van der Waals surface area contributed by atoms with E-state index in [2.05, 4.69) is 24.4 Å². The van der Waals surface area contributed by atoms with Crippen molar-refractivity contribution in [3.8, 4) is 0 Å². The molecule has 20 heavy (non-hydrogen) atoms. The molecular formula is C17H26N2O. The first-order valence-corrected chi connectivity index (χ1v) is 7.78. The van der Waals surface area contributed by atoms with Crippen LogP contribution in [0.4, 0.5) is 0 Å². The Labute approximate surface area is 121 Å². The number of rotatable bonds is 5. The molecule has 3 nitrogen and oxygen atoms in total. The molecule has 2 rings (SSSR count). The summed E-state index contributed by atoms with van der Waals surface area (Å²) in [6, 6.07) is 10.4. The van der Waals surface area contributed by atoms with Crippen molar-refractivity contribution in [3.63, 3.8) is 0 Å². The van der Waals surface area contributed by atoms with Crippen LogP contribution in [-0.4, -0.2) is 18.0 Å². The van der Waals surface area contributed by atoms with Crippen molar-refractivity contribution in [2.45, 2.75) is 56.9 Å². The highest BCUT2D eigenvalue weighted by Crippen LogP contribution is 2.26. The molecule has 1 unspecified atom stereocenters. The van der Waals surface area contributed by atoms with Gasteiger partial charge in [0.25, 0.3) is 0 Å². The van der Waals surface area contributed by atoms with Crippen LogP contribution in [0.15, 0.2) is 30.3 Å². The predicted molar refractivity (Wildman–Crippen MR) is 82.5 cm³/mol. The lowest BCUT2D eigenvalue weighted by molar-refractivity contribution is -0.127. The number of carbonyl (C=O) groups excluding carboxylic acids is 1. The summed E-state index contributed by atoms with van der Waals surface area (Å²) in [6.07, 6.45) is 6.00. The lowest BCUT2D eigenvalue weighted by Crippen LogP contribution is -2.55. The topological polar surface area (TPSA) is 55.1 Å². The lowest BCUT2D eigenvalue weighted by atomic mass is 9.81. The van der Waals surface area contributed by atoms with Crippen molar-refractivity contribution >= 4 is 5.91 Å². The lowest BCUT2D eigenvalue weighted by Gasteiger charge is -2.32. The average Bonchev–Trinajstić information content (AvgIpc) is 2.49. The van der Waals surface area contributed by atoms with Crippen molar-refractivity contribution in [1.82, 2.24) is 5.32 Å². The molecule has 0 aliphatic heterocycles. The van der Waals surface area contributed by atoms with Crippen LogP contribution in [0.25, 0.3) is 0 Å². The molecule has 1 aliphatic carbocycles. The van der Waals surface area contributed by atoms with E-state index in [4.69, 9.17) is 5.73 Å². The van der Waals surface area contributed by atoms with Crippen molar-refractivity contribution in [2.75, 3.05) is 6.54 Å². The van der Waals surface area contributed by atoms with Gasteiger partial charge in [-0.3, -0.25) is 4.79 Å². The second-order valence-electron chi connectivity index (χ2n) is 5.94. The quantitative estimate of drug-likeness (QED) is 0.867. The highest BCUT2D eigenvalue weighted by molar-refractivity contribution is 5.86. The minimum Gasteiger partial charge on any atom is -0.354 e. The van der Waals surface area contributed by atoms with Gasteiger partial charge in [-0.1, -0.05) is 56.5 Å². The first-order chi connectivity index (χ1) is 9.65. The van der Waals surface area contributed by atoms with Gasteiger partial charge in [0.2, 0.25) is 5.91 Å². The van der Waals surface area contributed by atoms with Gasteiger partial charge in [-0.05, 0) is 24.8 Å². The summed E-state index contributed by atoms with van der Waals surface area (Å²) < 4.78 is 0. The zero-order valence-corrected chi connectivity index (χ0v) is 12.4. The molecule has 0 bridgehead atoms. The number of hydrogen-bond donors (Lipinski definition) is 2. The Balaban J connectivity index is 1.91. The molecule has 1 aliphatic rings. The maximum absolute atomic E-state index is 12.3. The maximum Gasteiger partial charge on any atom is 0.240 e. The smallest absolute Gasteiger partial charge is 0.240 e. The molecule has 3 N–H and O–H groups in total. The maximum atomic E-state index is 12.3. The van der Waals surface area contributed by atoms with Gasteiger partial charge in [0, 0.05) is 12.5 Å². The van der Waals surface area contributed by atoms with Crippen LogP contribution in [-0.2, 0) is 4.79 Å². The Hall–Kier alpha value is -1.35. The number of amides is 1. The molecule has 1 amide bonds. The normalized spacial score (nSPS) is 19.3. The van der Waals surface area contributed by atoms with E-state index in [-0.39, 0.29) is 5.91 Å². The van der Waals surface area contributed by atoms with Gasteiger partial charge in [-0.15, -0.1) is 0 Å². The molecule has 1 atom stereocenters. The standard InChI is InChI=1S/C17H26N2O/c1-2-14(15-9-5-3-6-10-15)13-19-16(20)17(18)11-7-4-8-12-17/h3,5-6,9-10,14H,2,4,7-8,11-13,18H2,1H3,(H,19,20). The van der Waals surface area contributed by atoms with E-state index >= 15 is 0 Å². The molecule has 0 saturated heterocycles. The molecule has 1 aromatic carbocycles. The molecule has 1 fully saturated rings. The van der Waals surface area contributed by atoms with Gasteiger partial charge in [0.15, 0.2) is 0 Å². The molecule has 0 heterocycles. The first kappa shape index (κ1) is 15.0. The van der Waals surface area contributed by atoms with Crippen molar-refractivity contribution in [3.05, 3.63) is 35.9 Å². The van der Waals surface area contributed by atoms with Gasteiger partial charge in [-0.25, -0.2) is 0 Å². The fraction of sp³-hybridized carbons (Fsp3) is 0.588. The zero-order chi connectivity index (χ0) is 14.4. The Bertz CT molecular complexity index is 424. The van der Waals surface area contributed by atoms with Gasteiger partial charge in [0.1, 0.15) is 0 Å². The van der Waals surface area contributed by atoms with E-state index in [1.165, 1.54) is 12.0 Å². The van der Waals surface area contributed by atoms with Crippen molar-refractivity contribution in [1.29, 1.82) is 0 Å². The van der Waals surface area contributed by atoms with E-state index in [9.17, 15) is 4.79 Å². The zero-order valence-electron chi connectivity index (χ0n) is 12.4. The fourth-order valence-corrected chi connectivity index (χ4v) is 3.02. The average molecular weight is 274 g/mol. The minimum absolute atomic E-state index is 0.0339. The van der Waals surface area contributed by atoms with E-state index in [0.29, 0.717) is 12.5 Å². The summed E-state index contributed by atoms with van der Waals surface area (Å²) in [7, 11) is 0. The van der Waals surface area contributed by atoms with Crippen LogP contribution < -0.4 is 11.1 Å². The summed E-state index contributed by atoms with van der Waals surface area (Å²) in [5.41, 5.74) is 6.91. The third-order valence-corrected chi connectivity index (χ3v) is 4.47. The monoisotopic (exact) mass is 274 g/mol. The van der Waals surface area contributed by atoms with Crippen molar-refractivity contribution in [2.24, 2.45) is 5.73 Å². The third-order valence-electron chi connectivity index (χ3n) is 4.47. The van der Waals surface area contributed by atoms with Gasteiger partial charge < -0.3 is 11.1 Å². The predicted octanol–water partition coefficient (Wildman–Crippen LogP) is 2.96. The first-order valence-electron chi connectivity index (χ1n) is 7.78. The highest BCUT2D eigenvalue weighted by atomic mass is 16.2. The molecule has 0 aromatic heterocycles. The SMILES string of the molecule is CCC(CNC(=O)C1(N)CCCCC1)c1ccccc1. The van der Waals surface area contributed by atoms with Crippen LogP contribution in [0.1, 0.15) is 56.9 Å². The van der Waals surface area contributed by atoms with Crippen LogP contribution >= 0.6 is 0 Å². The van der Waals surface area contributed by atoms with Crippen LogP contribution in [0, 0.1) is 0 Å². The molecular weight excluding hydrogens is 248 g/mol. The second-order valence-corrected chi connectivity index (χ2v) is 5.94.